The van der Waals surface area contributed by atoms with Crippen LogP contribution >= 0.6 is 11.6 Å². The van der Waals surface area contributed by atoms with Crippen molar-refractivity contribution in [3.8, 4) is 5.75 Å². The topological polar surface area (TPSA) is 69.5 Å². The maximum Gasteiger partial charge on any atom is 0.415 e. The Kier molecular flexibility index (Phi) is 6.95. The van der Waals surface area contributed by atoms with Gasteiger partial charge < -0.3 is 9.47 Å². The quantitative estimate of drug-likeness (QED) is 0.519. The summed E-state index contributed by atoms with van der Waals surface area (Å²) in [5, 5.41) is 8.67. The van der Waals surface area contributed by atoms with E-state index < -0.39 is 0 Å². The van der Waals surface area contributed by atoms with Gasteiger partial charge in [0.25, 0.3) is 0 Å². The number of hydrogen-bond acceptors (Lipinski definition) is 5. The SMILES string of the molecule is COc1cccc([C@H]2COC(=O)N2c2ccc(Cl)cc2)c1.Cn1cc(C2CCCC2)nn1. The number of nitrogens with zero attached hydrogens (tertiary/aromatic N) is 4. The van der Waals surface area contributed by atoms with Crippen LogP contribution in [-0.2, 0) is 11.8 Å². The fourth-order valence-electron chi connectivity index (χ4n) is 4.18. The Morgan fingerprint density at radius 1 is 1.12 bits per heavy atom. The van der Waals surface area contributed by atoms with E-state index >= 15 is 0 Å². The summed E-state index contributed by atoms with van der Waals surface area (Å²) in [6, 6.07) is 14.6. The number of amides is 1. The fourth-order valence-corrected chi connectivity index (χ4v) is 4.30. The van der Waals surface area contributed by atoms with Gasteiger partial charge in [0.15, 0.2) is 0 Å². The van der Waals surface area contributed by atoms with E-state index in [1.807, 2.05) is 49.6 Å². The third-order valence-electron chi connectivity index (χ3n) is 5.85. The number of hydrogen-bond donors (Lipinski definition) is 0. The summed E-state index contributed by atoms with van der Waals surface area (Å²) >= 11 is 5.90. The van der Waals surface area contributed by atoms with Gasteiger partial charge in [0.2, 0.25) is 0 Å². The van der Waals surface area contributed by atoms with Gasteiger partial charge in [-0.3, -0.25) is 9.58 Å². The number of aryl methyl sites for hydroxylation is 1. The zero-order valence-electron chi connectivity index (χ0n) is 18.3. The van der Waals surface area contributed by atoms with Gasteiger partial charge in [-0.2, -0.15) is 0 Å². The molecule has 1 aliphatic carbocycles. The zero-order valence-corrected chi connectivity index (χ0v) is 19.0. The molecule has 2 heterocycles. The van der Waals surface area contributed by atoms with Gasteiger partial charge in [-0.15, -0.1) is 5.10 Å². The Hall–Kier alpha value is -3.06. The molecule has 168 valence electrons. The molecule has 5 rings (SSSR count). The van der Waals surface area contributed by atoms with E-state index in [-0.39, 0.29) is 12.1 Å². The van der Waals surface area contributed by atoms with Crippen LogP contribution in [0, 0.1) is 0 Å². The third kappa shape index (κ3) is 5.05. The molecule has 1 amide bonds. The number of benzene rings is 2. The van der Waals surface area contributed by atoms with Gasteiger partial charge in [0.1, 0.15) is 12.4 Å². The number of carbonyl (C=O) groups excluding carboxylic acids is 1. The first-order chi connectivity index (χ1) is 15.5. The Bertz CT molecular complexity index is 1050. The van der Waals surface area contributed by atoms with Crippen molar-refractivity contribution < 1.29 is 14.3 Å². The number of ether oxygens (including phenoxy) is 2. The Morgan fingerprint density at radius 3 is 2.53 bits per heavy atom. The molecular weight excluding hydrogens is 428 g/mol. The molecule has 2 aromatic carbocycles. The lowest BCUT2D eigenvalue weighted by Crippen LogP contribution is -2.27. The molecule has 2 fully saturated rings. The Morgan fingerprint density at radius 2 is 1.88 bits per heavy atom. The predicted octanol–water partition coefficient (Wildman–Crippen LogP) is 5.52. The average Bonchev–Trinajstić information content (AvgIpc) is 3.56. The van der Waals surface area contributed by atoms with Crippen molar-refractivity contribution in [2.45, 2.75) is 37.6 Å². The summed E-state index contributed by atoms with van der Waals surface area (Å²) in [6.07, 6.45) is 7.01. The second-order valence-corrected chi connectivity index (χ2v) is 8.45. The molecule has 32 heavy (non-hydrogen) atoms. The maximum absolute atomic E-state index is 12.0. The van der Waals surface area contributed by atoms with Gasteiger partial charge in [-0.05, 0) is 54.8 Å². The van der Waals surface area contributed by atoms with Crippen LogP contribution in [-0.4, -0.2) is 34.8 Å². The van der Waals surface area contributed by atoms with E-state index in [9.17, 15) is 4.79 Å². The number of rotatable bonds is 4. The van der Waals surface area contributed by atoms with Crippen molar-refractivity contribution in [2.24, 2.45) is 7.05 Å². The Balaban J connectivity index is 0.000000186. The smallest absolute Gasteiger partial charge is 0.415 e. The van der Waals surface area contributed by atoms with Crippen LogP contribution < -0.4 is 9.64 Å². The molecule has 7 nitrogen and oxygen atoms in total. The van der Waals surface area contributed by atoms with E-state index in [0.29, 0.717) is 17.5 Å². The molecule has 3 aromatic rings. The monoisotopic (exact) mass is 454 g/mol. The van der Waals surface area contributed by atoms with Crippen LogP contribution in [0.3, 0.4) is 0 Å². The number of methoxy groups -OCH3 is 1. The van der Waals surface area contributed by atoms with Crippen molar-refractivity contribution in [3.63, 3.8) is 0 Å². The lowest BCUT2D eigenvalue weighted by Gasteiger charge is -2.22. The highest BCUT2D eigenvalue weighted by molar-refractivity contribution is 6.30. The van der Waals surface area contributed by atoms with Crippen molar-refractivity contribution in [1.82, 2.24) is 15.0 Å². The second-order valence-electron chi connectivity index (χ2n) is 8.01. The van der Waals surface area contributed by atoms with Crippen LogP contribution in [0.5, 0.6) is 5.75 Å². The van der Waals surface area contributed by atoms with Gasteiger partial charge in [-0.1, -0.05) is 41.8 Å². The maximum atomic E-state index is 12.0. The zero-order chi connectivity index (χ0) is 22.5. The number of carbonyl (C=O) groups is 1. The lowest BCUT2D eigenvalue weighted by atomic mass is 10.1. The standard InChI is InChI=1S/C16H14ClNO3.C8H13N3/c1-20-14-4-2-3-11(9-14)15-10-21-16(19)18(15)13-7-5-12(17)6-8-13;1-11-6-8(9-10-11)7-4-2-3-5-7/h2-9,15H,10H2,1H3;6-7H,2-5H2,1H3/t15-;/m1./s1. The lowest BCUT2D eigenvalue weighted by molar-refractivity contribution is 0.179. The van der Waals surface area contributed by atoms with Gasteiger partial charge in [-0.25, -0.2) is 4.79 Å². The first kappa shape index (κ1) is 22.1. The molecule has 2 aliphatic rings. The van der Waals surface area contributed by atoms with Crippen LogP contribution in [0.15, 0.2) is 54.7 Å². The first-order valence-corrected chi connectivity index (χ1v) is 11.1. The van der Waals surface area contributed by atoms with Crippen LogP contribution in [0.4, 0.5) is 10.5 Å². The second kappa shape index (κ2) is 10.0. The van der Waals surface area contributed by atoms with Crippen LogP contribution in [0.1, 0.15) is 48.9 Å². The molecule has 0 N–H and O–H groups in total. The molecular formula is C24H27ClN4O3. The van der Waals surface area contributed by atoms with Crippen LogP contribution in [0.2, 0.25) is 5.02 Å². The number of aromatic nitrogens is 3. The molecule has 0 spiro atoms. The minimum Gasteiger partial charge on any atom is -0.497 e. The van der Waals surface area contributed by atoms with Crippen molar-refractivity contribution >= 4 is 23.4 Å². The summed E-state index contributed by atoms with van der Waals surface area (Å²) < 4.78 is 12.2. The summed E-state index contributed by atoms with van der Waals surface area (Å²) in [6.45, 7) is 0.314. The van der Waals surface area contributed by atoms with Gasteiger partial charge in [0.05, 0.1) is 18.8 Å². The van der Waals surface area contributed by atoms with E-state index in [0.717, 1.165) is 17.0 Å². The average molecular weight is 455 g/mol. The highest BCUT2D eigenvalue weighted by Gasteiger charge is 2.35. The molecule has 0 radical (unpaired) electrons. The summed E-state index contributed by atoms with van der Waals surface area (Å²) in [5.41, 5.74) is 2.91. The molecule has 1 atom stereocenters. The normalized spacial score (nSPS) is 18.3. The Labute approximate surface area is 192 Å². The van der Waals surface area contributed by atoms with E-state index in [4.69, 9.17) is 21.1 Å². The molecule has 1 aliphatic heterocycles. The molecule has 1 saturated heterocycles. The molecule has 1 aromatic heterocycles. The van der Waals surface area contributed by atoms with Crippen molar-refractivity contribution in [2.75, 3.05) is 18.6 Å². The molecule has 8 heteroatoms. The van der Waals surface area contributed by atoms with E-state index in [1.54, 1.807) is 28.8 Å². The van der Waals surface area contributed by atoms with Gasteiger partial charge >= 0.3 is 6.09 Å². The van der Waals surface area contributed by atoms with Crippen molar-refractivity contribution in [3.05, 3.63) is 71.0 Å². The summed E-state index contributed by atoms with van der Waals surface area (Å²) in [5.74, 6) is 1.45. The third-order valence-corrected chi connectivity index (χ3v) is 6.10. The number of halogens is 1. The molecule has 0 unspecified atom stereocenters. The summed E-state index contributed by atoms with van der Waals surface area (Å²) in [4.78, 5) is 13.7. The number of anilines is 1. The molecule has 0 bridgehead atoms. The van der Waals surface area contributed by atoms with Crippen molar-refractivity contribution in [1.29, 1.82) is 0 Å². The predicted molar refractivity (Wildman–Crippen MR) is 123 cm³/mol. The highest BCUT2D eigenvalue weighted by Crippen LogP contribution is 2.35. The van der Waals surface area contributed by atoms with Crippen LogP contribution in [0.25, 0.3) is 0 Å². The van der Waals surface area contributed by atoms with Gasteiger partial charge in [0, 0.05) is 29.9 Å². The fraction of sp³-hybridized carbons (Fsp3) is 0.375. The highest BCUT2D eigenvalue weighted by atomic mass is 35.5. The number of cyclic esters (lactones) is 1. The minimum absolute atomic E-state index is 0.172. The summed E-state index contributed by atoms with van der Waals surface area (Å²) in [7, 11) is 3.54. The van der Waals surface area contributed by atoms with E-state index in [2.05, 4.69) is 10.3 Å². The first-order valence-electron chi connectivity index (χ1n) is 10.8. The van der Waals surface area contributed by atoms with E-state index in [1.165, 1.54) is 31.4 Å². The molecule has 1 saturated carbocycles. The largest absolute Gasteiger partial charge is 0.497 e. The minimum atomic E-state index is -0.356.